The molecule has 2 aromatic carbocycles. The first-order chi connectivity index (χ1) is 11.1. The number of rotatable bonds is 6. The van der Waals surface area contributed by atoms with Crippen molar-refractivity contribution in [3.05, 3.63) is 59.4 Å². The molecule has 0 aliphatic rings. The van der Waals surface area contributed by atoms with Gasteiger partial charge in [-0.05, 0) is 11.6 Å². The van der Waals surface area contributed by atoms with Crippen molar-refractivity contribution in [1.29, 1.82) is 0 Å². The normalized spacial score (nSPS) is 11.0. The van der Waals surface area contributed by atoms with Crippen LogP contribution in [0.4, 0.5) is 0 Å². The van der Waals surface area contributed by atoms with Crippen LogP contribution in [0.5, 0.6) is 17.2 Å². The monoisotopic (exact) mass is 314 g/mol. The summed E-state index contributed by atoms with van der Waals surface area (Å²) >= 11 is 0. The molecule has 0 aliphatic heterocycles. The third kappa shape index (κ3) is 3.63. The number of methoxy groups -OCH3 is 3. The first kappa shape index (κ1) is 16.4. The van der Waals surface area contributed by atoms with Gasteiger partial charge < -0.3 is 19.3 Å². The zero-order chi connectivity index (χ0) is 16.8. The van der Waals surface area contributed by atoms with E-state index in [2.05, 4.69) is 0 Å². The second-order valence-corrected chi connectivity index (χ2v) is 4.68. The van der Waals surface area contributed by atoms with Crippen LogP contribution < -0.4 is 14.2 Å². The van der Waals surface area contributed by atoms with Gasteiger partial charge >= 0.3 is 0 Å². The molecule has 23 heavy (non-hydrogen) atoms. The van der Waals surface area contributed by atoms with E-state index in [1.54, 1.807) is 24.3 Å². The van der Waals surface area contributed by atoms with Gasteiger partial charge in [0.15, 0.2) is 5.76 Å². The molecule has 2 aromatic rings. The molecule has 0 aliphatic carbocycles. The predicted molar refractivity (Wildman–Crippen MR) is 87.5 cm³/mol. The molecule has 0 saturated heterocycles. The van der Waals surface area contributed by atoms with Crippen molar-refractivity contribution >= 4 is 11.9 Å². The molecule has 0 fully saturated rings. The highest BCUT2D eigenvalue weighted by Gasteiger charge is 2.23. The number of allylic oxidation sites excluding steroid dienone is 1. The Hall–Kier alpha value is -2.95. The van der Waals surface area contributed by atoms with Gasteiger partial charge in [-0.25, -0.2) is 0 Å². The van der Waals surface area contributed by atoms with E-state index in [0.717, 1.165) is 0 Å². The molecule has 0 amide bonds. The lowest BCUT2D eigenvalue weighted by molar-refractivity contribution is 0.0974. The largest absolute Gasteiger partial charge is 0.504 e. The highest BCUT2D eigenvalue weighted by molar-refractivity contribution is 6.13. The van der Waals surface area contributed by atoms with E-state index in [-0.39, 0.29) is 17.1 Å². The number of benzene rings is 2. The van der Waals surface area contributed by atoms with Gasteiger partial charge in [0.2, 0.25) is 5.78 Å². The van der Waals surface area contributed by atoms with Crippen LogP contribution in [0.1, 0.15) is 15.9 Å². The fraction of sp³-hybridized carbons (Fsp3) is 0.167. The Labute approximate surface area is 134 Å². The fourth-order valence-electron chi connectivity index (χ4n) is 2.13. The van der Waals surface area contributed by atoms with Crippen LogP contribution >= 0.6 is 0 Å². The summed E-state index contributed by atoms with van der Waals surface area (Å²) in [6.45, 7) is 0. The van der Waals surface area contributed by atoms with Gasteiger partial charge in [-0.1, -0.05) is 30.3 Å². The number of hydrogen-bond donors (Lipinski definition) is 1. The van der Waals surface area contributed by atoms with E-state index in [1.807, 2.05) is 18.2 Å². The number of aliphatic hydroxyl groups is 1. The number of carbonyl (C=O) groups excluding carboxylic acids is 1. The van der Waals surface area contributed by atoms with Gasteiger partial charge in [-0.15, -0.1) is 0 Å². The third-order valence-corrected chi connectivity index (χ3v) is 3.28. The molecule has 0 saturated carbocycles. The molecule has 0 unspecified atom stereocenters. The van der Waals surface area contributed by atoms with Crippen molar-refractivity contribution in [3.8, 4) is 17.2 Å². The van der Waals surface area contributed by atoms with Crippen LogP contribution in [0.3, 0.4) is 0 Å². The zero-order valence-electron chi connectivity index (χ0n) is 13.2. The summed E-state index contributed by atoms with van der Waals surface area (Å²) in [5, 5.41) is 10.2. The van der Waals surface area contributed by atoms with E-state index in [9.17, 15) is 9.90 Å². The van der Waals surface area contributed by atoms with E-state index in [0.29, 0.717) is 11.3 Å². The number of Topliss-reactive ketones (excluding diaryl/α,β-unsaturated/α-hetero) is 1. The van der Waals surface area contributed by atoms with Gasteiger partial charge in [0.25, 0.3) is 0 Å². The van der Waals surface area contributed by atoms with Crippen LogP contribution in [0, 0.1) is 0 Å². The smallest absolute Gasteiger partial charge is 0.234 e. The molecular formula is C18H18O5. The number of ketones is 1. The third-order valence-electron chi connectivity index (χ3n) is 3.28. The molecule has 5 heteroatoms. The Morgan fingerprint density at radius 1 is 0.957 bits per heavy atom. The fourth-order valence-corrected chi connectivity index (χ4v) is 2.13. The minimum absolute atomic E-state index is 0.139. The minimum atomic E-state index is -0.592. The number of carbonyl (C=O) groups is 1. The van der Waals surface area contributed by atoms with Crippen molar-refractivity contribution in [2.45, 2.75) is 0 Å². The lowest BCUT2D eigenvalue weighted by Crippen LogP contribution is -2.08. The average Bonchev–Trinajstić information content (AvgIpc) is 2.60. The summed E-state index contributed by atoms with van der Waals surface area (Å²) < 4.78 is 15.6. The van der Waals surface area contributed by atoms with Crippen molar-refractivity contribution in [2.24, 2.45) is 0 Å². The van der Waals surface area contributed by atoms with Crippen LogP contribution in [0.2, 0.25) is 0 Å². The maximum absolute atomic E-state index is 12.6. The van der Waals surface area contributed by atoms with Gasteiger partial charge in [0, 0.05) is 12.1 Å². The quantitative estimate of drug-likeness (QED) is 0.502. The number of aliphatic hydroxyl groups excluding tert-OH is 1. The van der Waals surface area contributed by atoms with Crippen molar-refractivity contribution in [3.63, 3.8) is 0 Å². The van der Waals surface area contributed by atoms with Crippen molar-refractivity contribution in [1.82, 2.24) is 0 Å². The van der Waals surface area contributed by atoms with E-state index in [1.165, 1.54) is 27.4 Å². The molecule has 0 heterocycles. The number of hydrogen-bond acceptors (Lipinski definition) is 5. The lowest BCUT2D eigenvalue weighted by Gasteiger charge is -2.14. The van der Waals surface area contributed by atoms with Crippen LogP contribution in [-0.4, -0.2) is 32.2 Å². The van der Waals surface area contributed by atoms with E-state index >= 15 is 0 Å². The van der Waals surface area contributed by atoms with Gasteiger partial charge in [0.1, 0.15) is 22.8 Å². The Bertz CT molecular complexity index is 694. The van der Waals surface area contributed by atoms with Gasteiger partial charge in [-0.2, -0.15) is 0 Å². The maximum atomic E-state index is 12.6. The summed E-state index contributed by atoms with van der Waals surface area (Å²) in [7, 11) is 4.37. The summed E-state index contributed by atoms with van der Waals surface area (Å²) in [4.78, 5) is 12.6. The van der Waals surface area contributed by atoms with E-state index < -0.39 is 11.5 Å². The maximum Gasteiger partial charge on any atom is 0.234 e. The first-order valence-corrected chi connectivity index (χ1v) is 6.91. The van der Waals surface area contributed by atoms with Gasteiger partial charge in [0.05, 0.1) is 21.3 Å². The first-order valence-electron chi connectivity index (χ1n) is 6.91. The minimum Gasteiger partial charge on any atom is -0.504 e. The summed E-state index contributed by atoms with van der Waals surface area (Å²) in [5.41, 5.74) is 0.852. The Morgan fingerprint density at radius 2 is 1.52 bits per heavy atom. The summed E-state index contributed by atoms with van der Waals surface area (Å²) in [6.07, 6.45) is 1.39. The van der Waals surface area contributed by atoms with Crippen LogP contribution in [0.25, 0.3) is 6.08 Å². The molecule has 1 N–H and O–H groups in total. The molecule has 2 rings (SSSR count). The van der Waals surface area contributed by atoms with Crippen molar-refractivity contribution < 1.29 is 24.1 Å². The summed E-state index contributed by atoms with van der Waals surface area (Å²) in [5.74, 6) is 0.0170. The molecule has 0 spiro atoms. The second kappa shape index (κ2) is 7.35. The molecule has 0 atom stereocenters. The second-order valence-electron chi connectivity index (χ2n) is 4.68. The standard InChI is InChI=1S/C18H18O5/c1-21-13-10-15(22-2)17(16(11-13)23-3)18(20)14(19)9-12-7-5-4-6-8-12/h4-11,19H,1-3H3. The zero-order valence-corrected chi connectivity index (χ0v) is 13.2. The Morgan fingerprint density at radius 3 is 2.00 bits per heavy atom. The SMILES string of the molecule is COc1cc(OC)c(C(=O)C(O)=Cc2ccccc2)c(OC)c1. The molecular weight excluding hydrogens is 296 g/mol. The molecule has 120 valence electrons. The highest BCUT2D eigenvalue weighted by Crippen LogP contribution is 2.35. The van der Waals surface area contributed by atoms with Gasteiger partial charge in [-0.3, -0.25) is 4.79 Å². The van der Waals surface area contributed by atoms with Crippen LogP contribution in [0.15, 0.2) is 48.2 Å². The van der Waals surface area contributed by atoms with E-state index in [4.69, 9.17) is 14.2 Å². The molecule has 0 bridgehead atoms. The van der Waals surface area contributed by atoms with Crippen LogP contribution in [-0.2, 0) is 0 Å². The number of ether oxygens (including phenoxy) is 3. The molecule has 5 nitrogen and oxygen atoms in total. The molecule has 0 aromatic heterocycles. The average molecular weight is 314 g/mol. The lowest BCUT2D eigenvalue weighted by atomic mass is 10.0. The Kier molecular flexibility index (Phi) is 5.25. The predicted octanol–water partition coefficient (Wildman–Crippen LogP) is 3.49. The molecule has 0 radical (unpaired) electrons. The Balaban J connectivity index is 2.48. The van der Waals surface area contributed by atoms with Crippen molar-refractivity contribution in [2.75, 3.05) is 21.3 Å². The topological polar surface area (TPSA) is 65.0 Å². The highest BCUT2D eigenvalue weighted by atomic mass is 16.5. The summed E-state index contributed by atoms with van der Waals surface area (Å²) in [6, 6.07) is 12.2.